The Hall–Kier alpha value is -2.56. The summed E-state index contributed by atoms with van der Waals surface area (Å²) in [7, 11) is 0. The summed E-state index contributed by atoms with van der Waals surface area (Å²) in [6.07, 6.45) is 4.48. The summed E-state index contributed by atoms with van der Waals surface area (Å²) in [5, 5.41) is 0. The molecule has 2 heterocycles. The summed E-state index contributed by atoms with van der Waals surface area (Å²) < 4.78 is 0. The van der Waals surface area contributed by atoms with Crippen molar-refractivity contribution in [3.05, 3.63) is 59.4 Å². The highest BCUT2D eigenvalue weighted by Crippen LogP contribution is 2.35. The highest BCUT2D eigenvalue weighted by Gasteiger charge is 2.29. The van der Waals surface area contributed by atoms with Crippen LogP contribution in [0.4, 0.5) is 0 Å². The van der Waals surface area contributed by atoms with Crippen LogP contribution in [0.25, 0.3) is 0 Å². The molecule has 5 heteroatoms. The zero-order valence-corrected chi connectivity index (χ0v) is 14.3. The van der Waals surface area contributed by atoms with Crippen LogP contribution in [0.2, 0.25) is 0 Å². The first-order chi connectivity index (χ1) is 12.2. The monoisotopic (exact) mass is 337 g/mol. The summed E-state index contributed by atoms with van der Waals surface area (Å²) in [6, 6.07) is 12.1. The minimum absolute atomic E-state index is 0.0156. The van der Waals surface area contributed by atoms with Gasteiger partial charge in [-0.25, -0.2) is 0 Å². The van der Waals surface area contributed by atoms with Crippen molar-refractivity contribution in [3.63, 3.8) is 0 Å². The van der Waals surface area contributed by atoms with Crippen molar-refractivity contribution < 1.29 is 9.59 Å². The standard InChI is InChI=1S/C20H23N3O2/c24-19(14-16-8-7-15-4-1-2-5-17(15)16)22-10-12-23(13-11-22)20(25)18-6-3-9-21-18/h1-6,9,16,21H,7-8,10-14H2/t16-/m1/s1. The molecule has 1 aliphatic heterocycles. The Morgan fingerprint density at radius 1 is 1.00 bits per heavy atom. The van der Waals surface area contributed by atoms with Gasteiger partial charge in [-0.1, -0.05) is 24.3 Å². The van der Waals surface area contributed by atoms with Gasteiger partial charge in [-0.05, 0) is 42.0 Å². The van der Waals surface area contributed by atoms with E-state index in [0.29, 0.717) is 44.2 Å². The Kier molecular flexibility index (Phi) is 4.30. The van der Waals surface area contributed by atoms with Gasteiger partial charge in [-0.3, -0.25) is 9.59 Å². The average Bonchev–Trinajstić information content (AvgIpc) is 3.32. The van der Waals surface area contributed by atoms with Crippen LogP contribution in [0.15, 0.2) is 42.6 Å². The molecule has 1 atom stereocenters. The third-order valence-electron chi connectivity index (χ3n) is 5.43. The number of aromatic nitrogens is 1. The molecule has 2 aromatic rings. The molecular formula is C20H23N3O2. The predicted molar refractivity (Wildman–Crippen MR) is 95.4 cm³/mol. The summed E-state index contributed by atoms with van der Waals surface area (Å²) in [5.74, 6) is 0.581. The van der Waals surface area contributed by atoms with E-state index in [1.807, 2.05) is 15.9 Å². The molecule has 2 amide bonds. The predicted octanol–water partition coefficient (Wildman–Crippen LogP) is 2.42. The number of aromatic amines is 1. The third kappa shape index (κ3) is 3.18. The highest BCUT2D eigenvalue weighted by molar-refractivity contribution is 5.92. The molecule has 1 N–H and O–H groups in total. The second-order valence-electron chi connectivity index (χ2n) is 6.90. The van der Waals surface area contributed by atoms with Crippen molar-refractivity contribution in [3.8, 4) is 0 Å². The number of aryl methyl sites for hydroxylation is 1. The van der Waals surface area contributed by atoms with E-state index in [1.165, 1.54) is 11.1 Å². The van der Waals surface area contributed by atoms with Gasteiger partial charge in [-0.15, -0.1) is 0 Å². The summed E-state index contributed by atoms with van der Waals surface area (Å²) in [4.78, 5) is 31.7. The molecule has 4 rings (SSSR count). The lowest BCUT2D eigenvalue weighted by Crippen LogP contribution is -2.50. The molecule has 1 aromatic carbocycles. The Bertz CT molecular complexity index is 761. The molecule has 1 aromatic heterocycles. The lowest BCUT2D eigenvalue weighted by atomic mass is 9.97. The van der Waals surface area contributed by atoms with Gasteiger partial charge >= 0.3 is 0 Å². The number of piperazine rings is 1. The van der Waals surface area contributed by atoms with Gasteiger partial charge in [0.15, 0.2) is 0 Å². The van der Waals surface area contributed by atoms with E-state index in [0.717, 1.165) is 12.8 Å². The van der Waals surface area contributed by atoms with Crippen LogP contribution >= 0.6 is 0 Å². The molecule has 0 radical (unpaired) electrons. The SMILES string of the molecule is O=C(C[C@H]1CCc2ccccc21)N1CCN(C(=O)c2ccc[nH]2)CC1. The Morgan fingerprint density at radius 3 is 2.52 bits per heavy atom. The quantitative estimate of drug-likeness (QED) is 0.935. The zero-order valence-electron chi connectivity index (χ0n) is 14.3. The van der Waals surface area contributed by atoms with E-state index in [2.05, 4.69) is 29.2 Å². The van der Waals surface area contributed by atoms with E-state index in [4.69, 9.17) is 0 Å². The van der Waals surface area contributed by atoms with Crippen LogP contribution in [0, 0.1) is 0 Å². The second kappa shape index (κ2) is 6.75. The summed E-state index contributed by atoms with van der Waals surface area (Å²) >= 11 is 0. The fraction of sp³-hybridized carbons (Fsp3) is 0.400. The second-order valence-corrected chi connectivity index (χ2v) is 6.90. The number of fused-ring (bicyclic) bond motifs is 1. The van der Waals surface area contributed by atoms with Gasteiger partial charge in [-0.2, -0.15) is 0 Å². The first-order valence-electron chi connectivity index (χ1n) is 9.00. The van der Waals surface area contributed by atoms with E-state index in [1.54, 1.807) is 12.3 Å². The molecule has 25 heavy (non-hydrogen) atoms. The van der Waals surface area contributed by atoms with Gasteiger partial charge in [0.1, 0.15) is 5.69 Å². The number of nitrogens with one attached hydrogen (secondary N) is 1. The lowest BCUT2D eigenvalue weighted by Gasteiger charge is -2.35. The van der Waals surface area contributed by atoms with E-state index in [9.17, 15) is 9.59 Å². The van der Waals surface area contributed by atoms with Crippen molar-refractivity contribution in [1.29, 1.82) is 0 Å². The minimum atomic E-state index is 0.0156. The smallest absolute Gasteiger partial charge is 0.270 e. The molecule has 0 spiro atoms. The minimum Gasteiger partial charge on any atom is -0.357 e. The van der Waals surface area contributed by atoms with Gasteiger partial charge < -0.3 is 14.8 Å². The molecule has 130 valence electrons. The van der Waals surface area contributed by atoms with Gasteiger partial charge in [0.2, 0.25) is 5.91 Å². The van der Waals surface area contributed by atoms with Gasteiger partial charge in [0.05, 0.1) is 0 Å². The molecular weight excluding hydrogens is 314 g/mol. The van der Waals surface area contributed by atoms with Gasteiger partial charge in [0, 0.05) is 38.8 Å². The van der Waals surface area contributed by atoms with Crippen molar-refractivity contribution in [2.75, 3.05) is 26.2 Å². The summed E-state index contributed by atoms with van der Waals surface area (Å²) in [6.45, 7) is 2.45. The molecule has 0 unspecified atom stereocenters. The highest BCUT2D eigenvalue weighted by atomic mass is 16.2. The first kappa shape index (κ1) is 15.9. The van der Waals surface area contributed by atoms with E-state index < -0.39 is 0 Å². The van der Waals surface area contributed by atoms with Crippen LogP contribution in [-0.2, 0) is 11.2 Å². The van der Waals surface area contributed by atoms with Crippen molar-refractivity contribution in [1.82, 2.24) is 14.8 Å². The fourth-order valence-corrected chi connectivity index (χ4v) is 3.99. The Morgan fingerprint density at radius 2 is 1.76 bits per heavy atom. The number of carbonyl (C=O) groups is 2. The number of rotatable bonds is 3. The number of hydrogen-bond donors (Lipinski definition) is 1. The number of nitrogens with zero attached hydrogens (tertiary/aromatic N) is 2. The molecule has 0 saturated carbocycles. The maximum atomic E-state index is 12.7. The fourth-order valence-electron chi connectivity index (χ4n) is 3.99. The van der Waals surface area contributed by atoms with Crippen LogP contribution in [0.1, 0.15) is 40.4 Å². The van der Waals surface area contributed by atoms with Crippen molar-refractivity contribution >= 4 is 11.8 Å². The largest absolute Gasteiger partial charge is 0.357 e. The maximum Gasteiger partial charge on any atom is 0.270 e. The van der Waals surface area contributed by atoms with E-state index in [-0.39, 0.29) is 11.8 Å². The number of hydrogen-bond acceptors (Lipinski definition) is 2. The van der Waals surface area contributed by atoms with E-state index >= 15 is 0 Å². The van der Waals surface area contributed by atoms with Crippen LogP contribution in [0.3, 0.4) is 0 Å². The molecule has 5 nitrogen and oxygen atoms in total. The van der Waals surface area contributed by atoms with Crippen LogP contribution in [0.5, 0.6) is 0 Å². The normalized spacial score (nSPS) is 19.8. The van der Waals surface area contributed by atoms with Gasteiger partial charge in [0.25, 0.3) is 5.91 Å². The Labute approximate surface area is 147 Å². The maximum absolute atomic E-state index is 12.7. The first-order valence-corrected chi connectivity index (χ1v) is 9.00. The molecule has 1 aliphatic carbocycles. The lowest BCUT2D eigenvalue weighted by molar-refractivity contribution is -0.133. The molecule has 2 aliphatic rings. The molecule has 0 bridgehead atoms. The topological polar surface area (TPSA) is 56.4 Å². The van der Waals surface area contributed by atoms with Crippen LogP contribution in [-0.4, -0.2) is 52.8 Å². The van der Waals surface area contributed by atoms with Crippen LogP contribution < -0.4 is 0 Å². The molecule has 1 fully saturated rings. The average molecular weight is 337 g/mol. The zero-order chi connectivity index (χ0) is 17.2. The molecule has 1 saturated heterocycles. The third-order valence-corrected chi connectivity index (χ3v) is 5.43. The van der Waals surface area contributed by atoms with Crippen molar-refractivity contribution in [2.45, 2.75) is 25.2 Å². The number of amides is 2. The summed E-state index contributed by atoms with van der Waals surface area (Å²) in [5.41, 5.74) is 3.35. The number of benzene rings is 1. The number of carbonyl (C=O) groups excluding carboxylic acids is 2. The Balaban J connectivity index is 1.32. The van der Waals surface area contributed by atoms with Crippen molar-refractivity contribution in [2.24, 2.45) is 0 Å². The number of H-pyrrole nitrogens is 1.